The molecule has 0 aliphatic carbocycles. The van der Waals surface area contributed by atoms with E-state index < -0.39 is 0 Å². The largest absolute Gasteiger partial charge is 0.313 e. The smallest absolute Gasteiger partial charge is 0.258 e. The van der Waals surface area contributed by atoms with Gasteiger partial charge >= 0.3 is 0 Å². The minimum atomic E-state index is 0.0827. The van der Waals surface area contributed by atoms with Crippen LogP contribution in [0.3, 0.4) is 0 Å². The molecule has 0 unspecified atom stereocenters. The van der Waals surface area contributed by atoms with E-state index in [9.17, 15) is 4.79 Å². The Morgan fingerprint density at radius 3 is 2.86 bits per heavy atom. The van der Waals surface area contributed by atoms with Crippen LogP contribution in [0.2, 0.25) is 0 Å². The summed E-state index contributed by atoms with van der Waals surface area (Å²) >= 11 is 0. The van der Waals surface area contributed by atoms with E-state index in [0.717, 1.165) is 29.8 Å². The number of benzene rings is 1. The quantitative estimate of drug-likeness (QED) is 0.660. The number of rotatable bonds is 1. The van der Waals surface area contributed by atoms with Crippen molar-refractivity contribution in [3.8, 4) is 0 Å². The van der Waals surface area contributed by atoms with Gasteiger partial charge in [-0.1, -0.05) is 24.8 Å². The molecule has 0 fully saturated rings. The molecule has 2 rings (SSSR count). The lowest BCUT2D eigenvalue weighted by atomic mass is 9.99. The van der Waals surface area contributed by atoms with Crippen LogP contribution in [0, 0.1) is 0 Å². The van der Waals surface area contributed by atoms with E-state index in [4.69, 9.17) is 0 Å². The number of allylic oxidation sites excluding steroid dienone is 1. The molecule has 1 aliphatic heterocycles. The third-order valence-corrected chi connectivity index (χ3v) is 2.56. The standard InChI is InChI=1S/C12H13NO/c1-9(2)13-8-7-10-5-3-4-6-11(10)12(13)14/h3-6H,1,7-8H2,2H3. The Morgan fingerprint density at radius 2 is 2.14 bits per heavy atom. The average Bonchev–Trinajstić information content (AvgIpc) is 2.18. The number of nitrogens with zero attached hydrogens (tertiary/aromatic N) is 1. The molecule has 14 heavy (non-hydrogen) atoms. The molecule has 0 saturated carbocycles. The molecule has 1 aromatic carbocycles. The summed E-state index contributed by atoms with van der Waals surface area (Å²) in [5.74, 6) is 0.0827. The van der Waals surface area contributed by atoms with E-state index in [1.165, 1.54) is 0 Å². The van der Waals surface area contributed by atoms with Gasteiger partial charge in [0.05, 0.1) is 0 Å². The molecule has 0 saturated heterocycles. The van der Waals surface area contributed by atoms with Crippen LogP contribution in [0.5, 0.6) is 0 Å². The number of carbonyl (C=O) groups is 1. The second-order valence-electron chi connectivity index (χ2n) is 3.60. The Morgan fingerprint density at radius 1 is 1.43 bits per heavy atom. The predicted molar refractivity (Wildman–Crippen MR) is 56.0 cm³/mol. The molecule has 2 heteroatoms. The van der Waals surface area contributed by atoms with Crippen molar-refractivity contribution in [1.82, 2.24) is 4.90 Å². The van der Waals surface area contributed by atoms with Gasteiger partial charge in [0.1, 0.15) is 0 Å². The van der Waals surface area contributed by atoms with Crippen molar-refractivity contribution in [3.05, 3.63) is 47.7 Å². The summed E-state index contributed by atoms with van der Waals surface area (Å²) in [6.45, 7) is 6.43. The molecule has 1 heterocycles. The molecule has 0 N–H and O–H groups in total. The summed E-state index contributed by atoms with van der Waals surface area (Å²) in [5, 5.41) is 0. The van der Waals surface area contributed by atoms with Crippen LogP contribution in [0.1, 0.15) is 22.8 Å². The molecule has 0 aromatic heterocycles. The van der Waals surface area contributed by atoms with E-state index in [2.05, 4.69) is 6.58 Å². The minimum absolute atomic E-state index is 0.0827. The zero-order chi connectivity index (χ0) is 10.1. The summed E-state index contributed by atoms with van der Waals surface area (Å²) < 4.78 is 0. The third-order valence-electron chi connectivity index (χ3n) is 2.56. The Bertz CT molecular complexity index is 395. The SMILES string of the molecule is C=C(C)N1CCc2ccccc2C1=O. The average molecular weight is 187 g/mol. The van der Waals surface area contributed by atoms with Gasteiger partial charge in [0, 0.05) is 17.8 Å². The fourth-order valence-electron chi connectivity index (χ4n) is 1.79. The van der Waals surface area contributed by atoms with E-state index in [1.807, 2.05) is 31.2 Å². The van der Waals surface area contributed by atoms with Crippen LogP contribution in [-0.2, 0) is 6.42 Å². The molecule has 1 aromatic rings. The van der Waals surface area contributed by atoms with Crippen molar-refractivity contribution in [3.63, 3.8) is 0 Å². The maximum Gasteiger partial charge on any atom is 0.258 e. The number of amides is 1. The van der Waals surface area contributed by atoms with Gasteiger partial charge in [-0.25, -0.2) is 0 Å². The summed E-state index contributed by atoms with van der Waals surface area (Å²) in [7, 11) is 0. The molecule has 0 atom stereocenters. The predicted octanol–water partition coefficient (Wildman–Crippen LogP) is 2.22. The Labute approximate surface area is 83.8 Å². The van der Waals surface area contributed by atoms with Crippen LogP contribution in [0.4, 0.5) is 0 Å². The molecule has 0 spiro atoms. The monoisotopic (exact) mass is 187 g/mol. The first-order chi connectivity index (χ1) is 6.70. The molecule has 0 radical (unpaired) electrons. The highest BCUT2D eigenvalue weighted by Gasteiger charge is 2.23. The van der Waals surface area contributed by atoms with Gasteiger partial charge in [0.25, 0.3) is 5.91 Å². The van der Waals surface area contributed by atoms with Crippen LogP contribution < -0.4 is 0 Å². The summed E-state index contributed by atoms with van der Waals surface area (Å²) in [4.78, 5) is 13.7. The Hall–Kier alpha value is -1.57. The molecule has 2 nitrogen and oxygen atoms in total. The maximum atomic E-state index is 11.9. The lowest BCUT2D eigenvalue weighted by Gasteiger charge is -2.28. The molecule has 1 amide bonds. The van der Waals surface area contributed by atoms with Crippen molar-refractivity contribution in [2.45, 2.75) is 13.3 Å². The van der Waals surface area contributed by atoms with Crippen molar-refractivity contribution in [1.29, 1.82) is 0 Å². The summed E-state index contributed by atoms with van der Waals surface area (Å²) in [6.07, 6.45) is 0.925. The molecule has 72 valence electrons. The van der Waals surface area contributed by atoms with Gasteiger partial charge < -0.3 is 4.90 Å². The van der Waals surface area contributed by atoms with Crippen molar-refractivity contribution in [2.75, 3.05) is 6.54 Å². The topological polar surface area (TPSA) is 20.3 Å². The molecule has 1 aliphatic rings. The second kappa shape index (κ2) is 3.29. The van der Waals surface area contributed by atoms with E-state index in [0.29, 0.717) is 0 Å². The van der Waals surface area contributed by atoms with Gasteiger partial charge in [0.15, 0.2) is 0 Å². The normalized spacial score (nSPS) is 15.2. The van der Waals surface area contributed by atoms with Crippen LogP contribution >= 0.6 is 0 Å². The van der Waals surface area contributed by atoms with Crippen molar-refractivity contribution >= 4 is 5.91 Å². The summed E-state index contributed by atoms with van der Waals surface area (Å²) in [6, 6.07) is 7.77. The lowest BCUT2D eigenvalue weighted by Crippen LogP contribution is -2.35. The van der Waals surface area contributed by atoms with Crippen LogP contribution in [0.25, 0.3) is 0 Å². The van der Waals surface area contributed by atoms with Gasteiger partial charge in [-0.3, -0.25) is 4.79 Å². The van der Waals surface area contributed by atoms with E-state index in [1.54, 1.807) is 4.90 Å². The number of hydrogen-bond donors (Lipinski definition) is 0. The highest BCUT2D eigenvalue weighted by Crippen LogP contribution is 2.20. The number of carbonyl (C=O) groups excluding carboxylic acids is 1. The zero-order valence-corrected chi connectivity index (χ0v) is 8.29. The third kappa shape index (κ3) is 1.33. The van der Waals surface area contributed by atoms with Crippen LogP contribution in [0.15, 0.2) is 36.5 Å². The minimum Gasteiger partial charge on any atom is -0.313 e. The van der Waals surface area contributed by atoms with Crippen LogP contribution in [-0.4, -0.2) is 17.4 Å². The summed E-state index contributed by atoms with van der Waals surface area (Å²) in [5.41, 5.74) is 2.79. The van der Waals surface area contributed by atoms with Gasteiger partial charge in [-0.05, 0) is 25.0 Å². The number of hydrogen-bond acceptors (Lipinski definition) is 1. The van der Waals surface area contributed by atoms with Gasteiger partial charge in [-0.2, -0.15) is 0 Å². The first-order valence-electron chi connectivity index (χ1n) is 4.75. The Balaban J connectivity index is 2.41. The first kappa shape index (κ1) is 9.00. The van der Waals surface area contributed by atoms with Gasteiger partial charge in [-0.15, -0.1) is 0 Å². The maximum absolute atomic E-state index is 11.9. The number of fused-ring (bicyclic) bond motifs is 1. The second-order valence-corrected chi connectivity index (χ2v) is 3.60. The van der Waals surface area contributed by atoms with Crippen molar-refractivity contribution in [2.24, 2.45) is 0 Å². The fraction of sp³-hybridized carbons (Fsp3) is 0.250. The first-order valence-corrected chi connectivity index (χ1v) is 4.75. The van der Waals surface area contributed by atoms with Crippen molar-refractivity contribution < 1.29 is 4.79 Å². The highest BCUT2D eigenvalue weighted by atomic mass is 16.2. The highest BCUT2D eigenvalue weighted by molar-refractivity contribution is 5.97. The van der Waals surface area contributed by atoms with E-state index >= 15 is 0 Å². The van der Waals surface area contributed by atoms with Gasteiger partial charge in [0.2, 0.25) is 0 Å². The molecule has 0 bridgehead atoms. The zero-order valence-electron chi connectivity index (χ0n) is 8.29. The van der Waals surface area contributed by atoms with E-state index in [-0.39, 0.29) is 5.91 Å². The lowest BCUT2D eigenvalue weighted by molar-refractivity contribution is 0.0793. The molecular formula is C12H13NO. The molecular weight excluding hydrogens is 174 g/mol. The Kier molecular flexibility index (Phi) is 2.12. The fourth-order valence-corrected chi connectivity index (χ4v) is 1.79.